The van der Waals surface area contributed by atoms with E-state index >= 15 is 0 Å². The summed E-state index contributed by atoms with van der Waals surface area (Å²) in [6, 6.07) is 48.0. The molecule has 0 aliphatic heterocycles. The Morgan fingerprint density at radius 2 is 0.518 bits per heavy atom. The average Bonchev–Trinajstić information content (AvgIpc) is 3.87. The molecule has 0 bridgehead atoms. The van der Waals surface area contributed by atoms with Crippen LogP contribution in [0.2, 0.25) is 0 Å². The maximum atomic E-state index is 5.84. The molecule has 12 aromatic rings. The van der Waals surface area contributed by atoms with Gasteiger partial charge in [0.1, 0.15) is 0 Å². The number of thiophene rings is 12. The summed E-state index contributed by atoms with van der Waals surface area (Å²) < 4.78 is 4.72. The third-order valence-electron chi connectivity index (χ3n) is 12.1. The van der Waals surface area contributed by atoms with Crippen LogP contribution in [0.3, 0.4) is 0 Å². The maximum Gasteiger partial charge on any atom is 0.0931 e. The van der Waals surface area contributed by atoms with Crippen LogP contribution in [0.25, 0.3) is 87.8 Å². The number of unbranched alkanes of at least 4 members (excludes halogenated alkanes) is 6. The molecule has 83 heavy (non-hydrogen) atoms. The minimum atomic E-state index is 0. The van der Waals surface area contributed by atoms with Crippen LogP contribution in [-0.4, -0.2) is 0 Å². The van der Waals surface area contributed by atoms with Crippen LogP contribution >= 0.6 is 200 Å². The first-order valence-corrected chi connectivity index (χ1v) is 38.8. The van der Waals surface area contributed by atoms with Crippen LogP contribution in [0.5, 0.6) is 0 Å². The quantitative estimate of drug-likeness (QED) is 0.0709. The molecule has 0 aliphatic carbocycles. The normalized spacial score (nSPS) is 10.6. The van der Waals surface area contributed by atoms with Crippen molar-refractivity contribution in [3.8, 4) is 136 Å². The van der Waals surface area contributed by atoms with E-state index in [0.29, 0.717) is 0 Å². The topological polar surface area (TPSA) is 0 Å². The lowest BCUT2D eigenvalue weighted by Gasteiger charge is -1.93. The SMILES string of the molecule is Brc1ccc(-c2ccc(-c3ccc(-c4ccc(Br)s4)s3)s2)s1.Brc1ccc(-c2ccc(Br)s2)s1.C.C#Cc1cc(-c2ccc(-c3ccc(-c4ccc(-c5ccc(-c6cc(C#C)c(C#CCCCCC)s6)s5)s4)s3)s2)sc1C#CCCCCC. The molecule has 0 spiro atoms. The van der Waals surface area contributed by atoms with Gasteiger partial charge in [-0.1, -0.05) is 82.5 Å². The van der Waals surface area contributed by atoms with E-state index in [1.807, 2.05) is 68.0 Å². The lowest BCUT2D eigenvalue weighted by atomic mass is 10.2. The minimum absolute atomic E-state index is 0. The molecule has 16 heteroatoms. The summed E-state index contributed by atoms with van der Waals surface area (Å²) in [4.78, 5) is 25.2. The maximum absolute atomic E-state index is 5.84. The van der Waals surface area contributed by atoms with Gasteiger partial charge in [0.2, 0.25) is 0 Å². The molecule has 12 aromatic heterocycles. The van der Waals surface area contributed by atoms with E-state index in [0.717, 1.165) is 46.6 Å². The predicted molar refractivity (Wildman–Crippen MR) is 398 cm³/mol. The van der Waals surface area contributed by atoms with Gasteiger partial charge in [0.25, 0.3) is 0 Å². The Morgan fingerprint density at radius 1 is 0.301 bits per heavy atom. The Morgan fingerprint density at radius 3 is 0.723 bits per heavy atom. The summed E-state index contributed by atoms with van der Waals surface area (Å²) in [6.45, 7) is 4.43. The van der Waals surface area contributed by atoms with Gasteiger partial charge in [-0.05, 0) is 210 Å². The molecular weight excluding hydrogens is 1510 g/mol. The van der Waals surface area contributed by atoms with Gasteiger partial charge in [0, 0.05) is 101 Å². The largest absolute Gasteiger partial charge is 0.134 e. The molecule has 0 radical (unpaired) electrons. The van der Waals surface area contributed by atoms with Crippen LogP contribution in [0.4, 0.5) is 0 Å². The van der Waals surface area contributed by atoms with Crippen molar-refractivity contribution in [1.82, 2.24) is 0 Å². The van der Waals surface area contributed by atoms with E-state index in [2.05, 4.69) is 247 Å². The van der Waals surface area contributed by atoms with Crippen molar-refractivity contribution in [3.05, 3.63) is 169 Å². The molecule has 0 amide bonds. The van der Waals surface area contributed by atoms with E-state index in [4.69, 9.17) is 12.8 Å². The smallest absolute Gasteiger partial charge is 0.0931 e. The summed E-state index contributed by atoms with van der Waals surface area (Å²) in [6.07, 6.45) is 20.7. The molecule has 0 N–H and O–H groups in total. The highest BCUT2D eigenvalue weighted by Gasteiger charge is 2.17. The van der Waals surface area contributed by atoms with Crippen LogP contribution in [0, 0.1) is 48.4 Å². The van der Waals surface area contributed by atoms with E-state index in [-0.39, 0.29) is 7.43 Å². The Balaban J connectivity index is 0.000000192. The van der Waals surface area contributed by atoms with Gasteiger partial charge < -0.3 is 0 Å². The molecular formula is C67H50Br4S12. The van der Waals surface area contributed by atoms with E-state index in [1.165, 1.54) is 129 Å². The first-order valence-electron chi connectivity index (χ1n) is 25.9. The molecule has 12 rings (SSSR count). The molecule has 0 fully saturated rings. The lowest BCUT2D eigenvalue weighted by Crippen LogP contribution is -1.74. The van der Waals surface area contributed by atoms with Crippen LogP contribution in [0.1, 0.15) is 93.5 Å². The highest BCUT2D eigenvalue weighted by Crippen LogP contribution is 2.48. The standard InChI is InChI=1S/C42H34S6.C16H8Br2S4.C8H4Br2S2.CH4/c1-5-9-11-13-15-17-31-29(7-3)27-41(43-31)39-25-23-37(47-39)35-21-19-33(45-35)34-20-22-36(46-34)38-24-26-40(48-38)42-28-30(8-4)32(44-42)18-16-14-12-10-6-2;17-15-7-5-13(21-15)11-3-1-9(19-11)10-2-4-12(20-10)14-6-8-16(18)22-14;9-7-3-1-5(11-7)6-2-4-8(10)12-6;/h3-4,19-28H,5-6,9-14H2,1-2H3;1-8H;1-4H;1H4. The first kappa shape index (κ1) is 64.0. The van der Waals surface area contributed by atoms with Gasteiger partial charge in [-0.25, -0.2) is 0 Å². The van der Waals surface area contributed by atoms with Crippen LogP contribution in [0.15, 0.2) is 149 Å². The van der Waals surface area contributed by atoms with Gasteiger partial charge in [0.15, 0.2) is 0 Å². The molecule has 0 aromatic carbocycles. The molecule has 0 saturated carbocycles. The number of rotatable bonds is 15. The van der Waals surface area contributed by atoms with E-state index < -0.39 is 0 Å². The van der Waals surface area contributed by atoms with Crippen molar-refractivity contribution in [3.63, 3.8) is 0 Å². The fourth-order valence-corrected chi connectivity index (χ4v) is 22.4. The summed E-state index contributed by atoms with van der Waals surface area (Å²) in [5.41, 5.74) is 1.80. The number of halogens is 4. The minimum Gasteiger partial charge on any atom is -0.134 e. The molecule has 418 valence electrons. The molecule has 0 aliphatic rings. The third-order valence-corrected chi connectivity index (χ3v) is 29.0. The predicted octanol–water partition coefficient (Wildman–Crippen LogP) is 28.3. The zero-order chi connectivity index (χ0) is 57.0. The van der Waals surface area contributed by atoms with Gasteiger partial charge in [-0.3, -0.25) is 0 Å². The number of hydrogen-bond acceptors (Lipinski definition) is 12. The third kappa shape index (κ3) is 17.0. The second-order valence-electron chi connectivity index (χ2n) is 17.9. The highest BCUT2D eigenvalue weighted by atomic mass is 79.9. The van der Waals surface area contributed by atoms with Crippen molar-refractivity contribution in [1.29, 1.82) is 0 Å². The monoisotopic (exact) mass is 1550 g/mol. The first-order chi connectivity index (χ1) is 40.0. The second kappa shape index (κ2) is 31.5. The average molecular weight is 1560 g/mol. The van der Waals surface area contributed by atoms with E-state index in [1.54, 1.807) is 68.0 Å². The second-order valence-corrected chi connectivity index (χ2v) is 36.4. The van der Waals surface area contributed by atoms with Gasteiger partial charge >= 0.3 is 0 Å². The van der Waals surface area contributed by atoms with Crippen molar-refractivity contribution < 1.29 is 0 Å². The zero-order valence-corrected chi connectivity index (χ0v) is 60.1. The van der Waals surface area contributed by atoms with Crippen molar-refractivity contribution in [2.24, 2.45) is 0 Å². The lowest BCUT2D eigenvalue weighted by molar-refractivity contribution is 0.737. The molecule has 0 saturated heterocycles. The highest BCUT2D eigenvalue weighted by molar-refractivity contribution is 9.11. The number of terminal acetylenes is 2. The Labute approximate surface area is 570 Å². The van der Waals surface area contributed by atoms with Gasteiger partial charge in [-0.2, -0.15) is 0 Å². The fraction of sp³-hybridized carbons (Fsp3) is 0.164. The van der Waals surface area contributed by atoms with Gasteiger partial charge in [0.05, 0.1) is 36.0 Å². The van der Waals surface area contributed by atoms with Crippen molar-refractivity contribution in [2.75, 3.05) is 0 Å². The molecule has 0 unspecified atom stereocenters. The summed E-state index contributed by atoms with van der Waals surface area (Å²) in [5.74, 6) is 19.0. The zero-order valence-electron chi connectivity index (χ0n) is 43.9. The van der Waals surface area contributed by atoms with Crippen molar-refractivity contribution in [2.45, 2.75) is 72.6 Å². The number of hydrogen-bond donors (Lipinski definition) is 0. The summed E-state index contributed by atoms with van der Waals surface area (Å²) in [5, 5.41) is 0. The van der Waals surface area contributed by atoms with Crippen LogP contribution in [-0.2, 0) is 0 Å². The molecule has 0 atom stereocenters. The molecule has 12 heterocycles. The Bertz CT molecular complexity index is 4010. The van der Waals surface area contributed by atoms with Crippen molar-refractivity contribution >= 4 is 200 Å². The Hall–Kier alpha value is -3.44. The summed E-state index contributed by atoms with van der Waals surface area (Å²) >= 11 is 35.5. The Kier molecular flexibility index (Phi) is 24.3. The fourth-order valence-electron chi connectivity index (χ4n) is 8.04. The van der Waals surface area contributed by atoms with Crippen LogP contribution < -0.4 is 0 Å². The van der Waals surface area contributed by atoms with Gasteiger partial charge in [-0.15, -0.1) is 149 Å². The molecule has 0 nitrogen and oxygen atoms in total. The summed E-state index contributed by atoms with van der Waals surface area (Å²) in [7, 11) is 0. The van der Waals surface area contributed by atoms with E-state index in [9.17, 15) is 0 Å².